The fourth-order valence-corrected chi connectivity index (χ4v) is 2.48. The van der Waals surface area contributed by atoms with Crippen molar-refractivity contribution < 1.29 is 19.0 Å². The van der Waals surface area contributed by atoms with Gasteiger partial charge in [0.25, 0.3) is 0 Å². The first-order chi connectivity index (χ1) is 14.5. The Morgan fingerprint density at radius 1 is 1.13 bits per heavy atom. The molecule has 170 valence electrons. The molecule has 0 amide bonds. The number of hydrazine groups is 1. The summed E-state index contributed by atoms with van der Waals surface area (Å²) in [5.74, 6) is 6.42. The Kier molecular flexibility index (Phi) is 13.7. The van der Waals surface area contributed by atoms with Crippen LogP contribution in [0.5, 0.6) is 0 Å². The van der Waals surface area contributed by atoms with Gasteiger partial charge in [0, 0.05) is 37.5 Å². The maximum Gasteiger partial charge on any atom is 0.303 e. The number of hydrogen-bond acceptors (Lipinski definition) is 9. The SMILES string of the molecule is N/C(=C\N(N)CCOCCNc1cc(NCCCCCC(=O)O)ncn1)CCCF. The Hall–Kier alpha value is -2.66. The molecule has 0 aliphatic rings. The Morgan fingerprint density at radius 3 is 2.57 bits per heavy atom. The smallest absolute Gasteiger partial charge is 0.303 e. The minimum absolute atomic E-state index is 0.207. The number of halogens is 1. The van der Waals surface area contributed by atoms with Crippen LogP contribution < -0.4 is 22.2 Å². The average molecular weight is 428 g/mol. The van der Waals surface area contributed by atoms with E-state index >= 15 is 0 Å². The zero-order chi connectivity index (χ0) is 22.0. The third-order valence-corrected chi connectivity index (χ3v) is 4.02. The Morgan fingerprint density at radius 2 is 1.87 bits per heavy atom. The van der Waals surface area contributed by atoms with Gasteiger partial charge in [0.2, 0.25) is 0 Å². The van der Waals surface area contributed by atoms with Crippen molar-refractivity contribution >= 4 is 17.6 Å². The van der Waals surface area contributed by atoms with Crippen molar-refractivity contribution in [3.8, 4) is 0 Å². The molecule has 7 N–H and O–H groups in total. The predicted molar refractivity (Wildman–Crippen MR) is 114 cm³/mol. The number of unbranched alkanes of at least 4 members (excludes halogenated alkanes) is 2. The first-order valence-corrected chi connectivity index (χ1v) is 10.1. The van der Waals surface area contributed by atoms with Gasteiger partial charge in [-0.3, -0.25) is 9.18 Å². The van der Waals surface area contributed by atoms with E-state index in [1.807, 2.05) is 6.07 Å². The van der Waals surface area contributed by atoms with Crippen molar-refractivity contribution in [3.63, 3.8) is 0 Å². The number of hydrogen-bond donors (Lipinski definition) is 5. The summed E-state index contributed by atoms with van der Waals surface area (Å²) in [7, 11) is 0. The second kappa shape index (κ2) is 16.2. The molecule has 0 saturated carbocycles. The molecule has 1 heterocycles. The number of allylic oxidation sites excluding steroid dienone is 1. The zero-order valence-electron chi connectivity index (χ0n) is 17.4. The summed E-state index contributed by atoms with van der Waals surface area (Å²) in [5.41, 5.74) is 6.28. The number of aromatic nitrogens is 2. The molecule has 1 aromatic heterocycles. The minimum Gasteiger partial charge on any atom is -0.481 e. The van der Waals surface area contributed by atoms with Crippen LogP contribution in [-0.2, 0) is 9.53 Å². The number of nitrogens with one attached hydrogen (secondary N) is 2. The van der Waals surface area contributed by atoms with Crippen LogP contribution in [0.15, 0.2) is 24.3 Å². The number of alkyl halides is 1. The normalized spacial score (nSPS) is 11.3. The lowest BCUT2D eigenvalue weighted by molar-refractivity contribution is -0.137. The van der Waals surface area contributed by atoms with Crippen LogP contribution in [0.2, 0.25) is 0 Å². The third-order valence-electron chi connectivity index (χ3n) is 4.02. The topological polar surface area (TPSA) is 152 Å². The molecule has 1 aromatic rings. The molecule has 0 aromatic carbocycles. The monoisotopic (exact) mass is 427 g/mol. The van der Waals surface area contributed by atoms with Crippen LogP contribution in [0.25, 0.3) is 0 Å². The highest BCUT2D eigenvalue weighted by Crippen LogP contribution is 2.09. The van der Waals surface area contributed by atoms with E-state index in [0.717, 1.165) is 19.4 Å². The fraction of sp³-hybridized carbons (Fsp3) is 0.632. The largest absolute Gasteiger partial charge is 0.481 e. The molecule has 1 rings (SSSR count). The number of nitrogens with two attached hydrogens (primary N) is 2. The number of ether oxygens (including phenoxy) is 1. The van der Waals surface area contributed by atoms with Gasteiger partial charge in [-0.05, 0) is 25.7 Å². The van der Waals surface area contributed by atoms with Crippen LogP contribution in [0.3, 0.4) is 0 Å². The molecule has 0 spiro atoms. The predicted octanol–water partition coefficient (Wildman–Crippen LogP) is 1.69. The van der Waals surface area contributed by atoms with E-state index < -0.39 is 12.6 Å². The minimum atomic E-state index is -0.759. The van der Waals surface area contributed by atoms with Gasteiger partial charge < -0.3 is 31.2 Å². The summed E-state index contributed by atoms with van der Waals surface area (Å²) < 4.78 is 17.6. The zero-order valence-corrected chi connectivity index (χ0v) is 17.4. The summed E-state index contributed by atoms with van der Waals surface area (Å²) in [6.07, 6.45) is 6.56. The molecular formula is C19H34FN7O3. The number of carbonyl (C=O) groups is 1. The van der Waals surface area contributed by atoms with E-state index in [0.29, 0.717) is 62.9 Å². The second-order valence-electron chi connectivity index (χ2n) is 6.69. The molecule has 11 heteroatoms. The molecule has 0 aliphatic heterocycles. The Labute approximate surface area is 176 Å². The number of aliphatic carboxylic acids is 1. The van der Waals surface area contributed by atoms with Crippen molar-refractivity contribution in [1.82, 2.24) is 15.0 Å². The van der Waals surface area contributed by atoms with E-state index in [1.165, 1.54) is 11.3 Å². The first-order valence-electron chi connectivity index (χ1n) is 10.1. The van der Waals surface area contributed by atoms with E-state index in [2.05, 4.69) is 20.6 Å². The van der Waals surface area contributed by atoms with Crippen LogP contribution in [0, 0.1) is 0 Å². The van der Waals surface area contributed by atoms with Crippen molar-refractivity contribution in [3.05, 3.63) is 24.3 Å². The van der Waals surface area contributed by atoms with Gasteiger partial charge in [-0.15, -0.1) is 0 Å². The standard InChI is InChI=1S/C19H34FN7O3/c20-7-4-5-16(21)14-27(22)10-12-30-11-9-24-18-13-17(25-15-26-18)23-8-3-1-2-6-19(28)29/h13-15H,1-12,21-22H2,(H,28,29)(H2,23,24,25,26)/b16-14-. The third kappa shape index (κ3) is 13.5. The number of carboxylic acids is 1. The summed E-state index contributed by atoms with van der Waals surface area (Å²) >= 11 is 0. The molecule has 0 aliphatic carbocycles. The molecule has 0 fully saturated rings. The van der Waals surface area contributed by atoms with Gasteiger partial charge in [-0.1, -0.05) is 6.42 Å². The quantitative estimate of drug-likeness (QED) is 0.133. The van der Waals surface area contributed by atoms with Gasteiger partial charge in [-0.2, -0.15) is 0 Å². The fourth-order valence-electron chi connectivity index (χ4n) is 2.48. The molecule has 0 atom stereocenters. The highest BCUT2D eigenvalue weighted by atomic mass is 19.1. The van der Waals surface area contributed by atoms with Crippen molar-refractivity contribution in [2.75, 3.05) is 50.2 Å². The lowest BCUT2D eigenvalue weighted by atomic mass is 10.2. The average Bonchev–Trinajstić information content (AvgIpc) is 2.71. The molecule has 0 bridgehead atoms. The number of anilines is 2. The lowest BCUT2D eigenvalue weighted by Crippen LogP contribution is -2.30. The molecule has 0 radical (unpaired) electrons. The lowest BCUT2D eigenvalue weighted by Gasteiger charge is -2.15. The number of nitrogens with zero attached hydrogens (tertiary/aromatic N) is 3. The van der Waals surface area contributed by atoms with Gasteiger partial charge in [-0.25, -0.2) is 15.8 Å². The van der Waals surface area contributed by atoms with Crippen LogP contribution >= 0.6 is 0 Å². The molecule has 10 nitrogen and oxygen atoms in total. The maximum absolute atomic E-state index is 12.1. The van der Waals surface area contributed by atoms with Crippen LogP contribution in [0.4, 0.5) is 16.0 Å². The molecule has 0 saturated heterocycles. The summed E-state index contributed by atoms with van der Waals surface area (Å²) in [5, 5.41) is 16.4. The van der Waals surface area contributed by atoms with Gasteiger partial charge in [0.1, 0.15) is 18.0 Å². The molecule has 30 heavy (non-hydrogen) atoms. The van der Waals surface area contributed by atoms with Crippen LogP contribution in [-0.4, -0.2) is 65.6 Å². The van der Waals surface area contributed by atoms with E-state index in [4.69, 9.17) is 21.4 Å². The second-order valence-corrected chi connectivity index (χ2v) is 6.69. The van der Waals surface area contributed by atoms with Gasteiger partial charge in [0.05, 0.1) is 26.4 Å². The number of carboxylic acid groups (broad SMARTS) is 1. The van der Waals surface area contributed by atoms with Crippen LogP contribution in [0.1, 0.15) is 38.5 Å². The summed E-state index contributed by atoms with van der Waals surface area (Å²) in [6, 6.07) is 1.81. The Balaban J connectivity index is 2.13. The summed E-state index contributed by atoms with van der Waals surface area (Å²) in [6.45, 7) is 2.29. The maximum atomic E-state index is 12.1. The molecular weight excluding hydrogens is 393 g/mol. The number of rotatable bonds is 18. The first kappa shape index (κ1) is 25.4. The van der Waals surface area contributed by atoms with Gasteiger partial charge >= 0.3 is 5.97 Å². The van der Waals surface area contributed by atoms with Gasteiger partial charge in [0.15, 0.2) is 0 Å². The van der Waals surface area contributed by atoms with E-state index in [1.54, 1.807) is 6.20 Å². The van der Waals surface area contributed by atoms with Crippen molar-refractivity contribution in [1.29, 1.82) is 0 Å². The Bertz CT molecular complexity index is 634. The van der Waals surface area contributed by atoms with Crippen molar-refractivity contribution in [2.24, 2.45) is 11.6 Å². The molecule has 0 unspecified atom stereocenters. The summed E-state index contributed by atoms with van der Waals surface area (Å²) in [4.78, 5) is 18.8. The van der Waals surface area contributed by atoms with Crippen molar-refractivity contribution in [2.45, 2.75) is 38.5 Å². The highest BCUT2D eigenvalue weighted by molar-refractivity contribution is 5.66. The van der Waals surface area contributed by atoms with E-state index in [-0.39, 0.29) is 6.42 Å². The van der Waals surface area contributed by atoms with E-state index in [9.17, 15) is 9.18 Å². The highest BCUT2D eigenvalue weighted by Gasteiger charge is 2.01.